The first-order valence-corrected chi connectivity index (χ1v) is 11.8. The van der Waals surface area contributed by atoms with Crippen LogP contribution in [0.15, 0.2) is 23.8 Å². The summed E-state index contributed by atoms with van der Waals surface area (Å²) in [6.07, 6.45) is 5.64. The number of carbonyl (C=O) groups excluding carboxylic acids is 2. The fourth-order valence-electron chi connectivity index (χ4n) is 7.26. The van der Waals surface area contributed by atoms with Crippen LogP contribution in [-0.4, -0.2) is 44.4 Å². The van der Waals surface area contributed by atoms with Crippen molar-refractivity contribution in [2.75, 3.05) is 6.54 Å². The first-order chi connectivity index (χ1) is 15.1. The van der Waals surface area contributed by atoms with Crippen LogP contribution in [0.1, 0.15) is 63.8 Å². The molecule has 168 valence electrons. The molecule has 2 spiro atoms. The van der Waals surface area contributed by atoms with Crippen LogP contribution in [0.2, 0.25) is 0 Å². The molecule has 3 N–H and O–H groups in total. The van der Waals surface area contributed by atoms with E-state index < -0.39 is 11.1 Å². The van der Waals surface area contributed by atoms with Gasteiger partial charge in [0.2, 0.25) is 11.8 Å². The van der Waals surface area contributed by atoms with Crippen LogP contribution in [0.4, 0.5) is 0 Å². The quantitative estimate of drug-likeness (QED) is 0.634. The summed E-state index contributed by atoms with van der Waals surface area (Å²) < 4.78 is 0. The predicted molar refractivity (Wildman–Crippen MR) is 122 cm³/mol. The number of benzene rings is 1. The van der Waals surface area contributed by atoms with Gasteiger partial charge in [-0.1, -0.05) is 25.5 Å². The molecule has 4 saturated heterocycles. The van der Waals surface area contributed by atoms with E-state index in [1.807, 2.05) is 11.0 Å². The zero-order chi connectivity index (χ0) is 22.6. The second-order valence-electron chi connectivity index (χ2n) is 11.1. The van der Waals surface area contributed by atoms with E-state index in [4.69, 9.17) is 0 Å². The summed E-state index contributed by atoms with van der Waals surface area (Å²) in [5.41, 5.74) is 3.40. The van der Waals surface area contributed by atoms with Crippen LogP contribution in [0.25, 0.3) is 10.9 Å². The molecule has 1 aromatic carbocycles. The number of rotatable bonds is 2. The highest BCUT2D eigenvalue weighted by Crippen LogP contribution is 2.59. The van der Waals surface area contributed by atoms with Crippen molar-refractivity contribution in [3.8, 4) is 5.75 Å². The maximum atomic E-state index is 13.9. The third-order valence-corrected chi connectivity index (χ3v) is 8.86. The molecule has 1 aromatic heterocycles. The number of piperazine rings is 1. The first-order valence-electron chi connectivity index (χ1n) is 11.8. The average molecular weight is 434 g/mol. The van der Waals surface area contributed by atoms with Crippen LogP contribution in [-0.2, 0) is 27.8 Å². The average Bonchev–Trinajstić information content (AvgIpc) is 3.32. The van der Waals surface area contributed by atoms with Crippen LogP contribution in [0, 0.1) is 5.92 Å². The van der Waals surface area contributed by atoms with E-state index in [1.54, 1.807) is 6.07 Å². The van der Waals surface area contributed by atoms with Gasteiger partial charge in [0.05, 0.1) is 5.52 Å². The number of hydrogen-bond donors (Lipinski definition) is 3. The lowest BCUT2D eigenvalue weighted by molar-refractivity contribution is -0.179. The number of aromatic nitrogens is 1. The van der Waals surface area contributed by atoms with E-state index in [1.165, 1.54) is 5.57 Å². The van der Waals surface area contributed by atoms with Crippen molar-refractivity contribution >= 4 is 22.7 Å². The van der Waals surface area contributed by atoms with Crippen molar-refractivity contribution in [3.05, 3.63) is 40.6 Å². The number of fused-ring (bicyclic) bond motifs is 4. The Morgan fingerprint density at radius 3 is 2.81 bits per heavy atom. The van der Waals surface area contributed by atoms with Gasteiger partial charge in [0, 0.05) is 40.9 Å². The van der Waals surface area contributed by atoms with Gasteiger partial charge in [0.1, 0.15) is 16.8 Å². The van der Waals surface area contributed by atoms with Crippen LogP contribution >= 0.6 is 0 Å². The normalized spacial score (nSPS) is 31.9. The van der Waals surface area contributed by atoms with E-state index in [-0.39, 0.29) is 28.9 Å². The molecule has 0 unspecified atom stereocenters. The Kier molecular flexibility index (Phi) is 3.71. The summed E-state index contributed by atoms with van der Waals surface area (Å²) in [7, 11) is 0. The molecule has 2 bridgehead atoms. The van der Waals surface area contributed by atoms with E-state index in [9.17, 15) is 14.7 Å². The van der Waals surface area contributed by atoms with Crippen molar-refractivity contribution in [1.29, 1.82) is 0 Å². The molecule has 5 aliphatic rings. The lowest BCUT2D eigenvalue weighted by atomic mass is 9.51. The van der Waals surface area contributed by atoms with Gasteiger partial charge in [-0.3, -0.25) is 9.59 Å². The molecular formula is C26H31N3O3. The molecule has 7 rings (SSSR count). The third-order valence-electron chi connectivity index (χ3n) is 8.86. The van der Waals surface area contributed by atoms with Gasteiger partial charge in [-0.05, 0) is 57.2 Å². The summed E-state index contributed by atoms with van der Waals surface area (Å²) in [5, 5.41) is 14.9. The topological polar surface area (TPSA) is 85.4 Å². The minimum absolute atomic E-state index is 0.0324. The van der Waals surface area contributed by atoms with Crippen molar-refractivity contribution in [1.82, 2.24) is 15.2 Å². The van der Waals surface area contributed by atoms with Gasteiger partial charge in [0.15, 0.2) is 0 Å². The van der Waals surface area contributed by atoms with Gasteiger partial charge in [-0.15, -0.1) is 0 Å². The zero-order valence-corrected chi connectivity index (χ0v) is 19.3. The number of phenolic OH excluding ortho intramolecular Hbond substituents is 1. The Morgan fingerprint density at radius 2 is 2.06 bits per heavy atom. The molecule has 6 heteroatoms. The fourth-order valence-corrected chi connectivity index (χ4v) is 7.26. The molecule has 0 saturated carbocycles. The van der Waals surface area contributed by atoms with Gasteiger partial charge in [-0.2, -0.15) is 0 Å². The summed E-state index contributed by atoms with van der Waals surface area (Å²) in [6.45, 7) is 9.21. The van der Waals surface area contributed by atoms with E-state index in [2.05, 4.69) is 44.1 Å². The fraction of sp³-hybridized carbons (Fsp3) is 0.538. The molecule has 4 fully saturated rings. The van der Waals surface area contributed by atoms with E-state index >= 15 is 0 Å². The van der Waals surface area contributed by atoms with Crippen LogP contribution in [0.3, 0.4) is 0 Å². The lowest BCUT2D eigenvalue weighted by Gasteiger charge is -2.64. The van der Waals surface area contributed by atoms with Crippen LogP contribution in [0.5, 0.6) is 5.75 Å². The molecule has 6 nitrogen and oxygen atoms in total. The Labute approximate surface area is 188 Å². The number of nitrogens with zero attached hydrogens (tertiary/aromatic N) is 1. The number of carbonyl (C=O) groups is 2. The number of aromatic hydroxyl groups is 1. The molecule has 4 aliphatic heterocycles. The summed E-state index contributed by atoms with van der Waals surface area (Å²) in [6, 6.07) is 3.71. The monoisotopic (exact) mass is 433 g/mol. The van der Waals surface area contributed by atoms with Gasteiger partial charge >= 0.3 is 0 Å². The number of piperidine rings is 2. The molecule has 3 atom stereocenters. The Hall–Kier alpha value is -2.76. The molecule has 1 aliphatic carbocycles. The second kappa shape index (κ2) is 5.97. The Morgan fingerprint density at radius 1 is 1.28 bits per heavy atom. The summed E-state index contributed by atoms with van der Waals surface area (Å²) >= 11 is 0. The number of allylic oxidation sites excluding steroid dienone is 2. The smallest absolute Gasteiger partial charge is 0.249 e. The third kappa shape index (κ3) is 2.16. The second-order valence-corrected chi connectivity index (χ2v) is 11.1. The number of aromatic amines is 1. The molecule has 2 aromatic rings. The lowest BCUT2D eigenvalue weighted by Crippen LogP contribution is -2.84. The van der Waals surface area contributed by atoms with Crippen molar-refractivity contribution in [3.63, 3.8) is 0 Å². The minimum atomic E-state index is -0.882. The summed E-state index contributed by atoms with van der Waals surface area (Å²) in [4.78, 5) is 32.7. The van der Waals surface area contributed by atoms with Gasteiger partial charge in [0.25, 0.3) is 0 Å². The highest BCUT2D eigenvalue weighted by atomic mass is 16.3. The van der Waals surface area contributed by atoms with E-state index in [0.29, 0.717) is 19.4 Å². The van der Waals surface area contributed by atoms with Crippen LogP contribution < -0.4 is 5.32 Å². The molecule has 32 heavy (non-hydrogen) atoms. The molecule has 2 amide bonds. The number of phenols is 1. The highest BCUT2D eigenvalue weighted by Gasteiger charge is 2.72. The van der Waals surface area contributed by atoms with Crippen molar-refractivity contribution in [2.24, 2.45) is 5.92 Å². The number of hydrogen-bond acceptors (Lipinski definition) is 3. The minimum Gasteiger partial charge on any atom is -0.508 e. The first kappa shape index (κ1) is 19.9. The maximum absolute atomic E-state index is 13.9. The SMILES string of the molecule is CC(C)=CCc1c(O)ccc2c3c([nH]c12)C(C)(C)[C@H]1C[C@]24CCCN2C(=O)[C@]1(C3)NC4=O. The molecular weight excluding hydrogens is 402 g/mol. The largest absolute Gasteiger partial charge is 0.508 e. The van der Waals surface area contributed by atoms with E-state index in [0.717, 1.165) is 47.0 Å². The van der Waals surface area contributed by atoms with Gasteiger partial charge < -0.3 is 20.3 Å². The van der Waals surface area contributed by atoms with Crippen molar-refractivity contribution < 1.29 is 14.7 Å². The van der Waals surface area contributed by atoms with Crippen molar-refractivity contribution in [2.45, 2.75) is 76.3 Å². The Bertz CT molecular complexity index is 1230. The molecule has 5 heterocycles. The predicted octanol–water partition coefficient (Wildman–Crippen LogP) is 3.47. The number of nitrogens with one attached hydrogen (secondary N) is 2. The number of H-pyrrole nitrogens is 1. The maximum Gasteiger partial charge on any atom is 0.249 e. The summed E-state index contributed by atoms with van der Waals surface area (Å²) in [5.74, 6) is 0.450. The highest BCUT2D eigenvalue weighted by molar-refractivity contribution is 6.06. The molecule has 0 radical (unpaired) electrons. The zero-order valence-electron chi connectivity index (χ0n) is 19.3. The standard InChI is InChI=1S/C26H31N3O3/c1-14(2)6-7-16-18(30)9-8-15-17-12-26-19(24(3,4)21(17)27-20(15)16)13-25(22(31)28-26)10-5-11-29(25)23(26)32/h6,8-9,19,27,30H,5,7,10-13H2,1-4H3,(H,28,31)/t19-,25+,26-/m1/s1. The van der Waals surface area contributed by atoms with Gasteiger partial charge in [-0.25, -0.2) is 0 Å². The number of amides is 2. The Balaban J connectivity index is 1.57.